The van der Waals surface area contributed by atoms with Crippen molar-refractivity contribution in [2.75, 3.05) is 7.11 Å². The standard InChI is InChI=1S/C25H31N3O2/c1-3-4-5-19-12-18-13-20(30-2)6-7-21(18)22(27-19)24-14-25(15-24,16-24)28-23(29)17-8-10-26-11-9-17/h6-11,13,19,22,27H,3-5,12,14-16H2,1-2H3,(H,28,29)/t19-,22?,24?,25?/m0/s1. The van der Waals surface area contributed by atoms with Crippen molar-refractivity contribution in [1.29, 1.82) is 0 Å². The molecule has 1 aromatic heterocycles. The number of ether oxygens (including phenoxy) is 1. The maximum atomic E-state index is 12.6. The minimum Gasteiger partial charge on any atom is -0.497 e. The average molecular weight is 406 g/mol. The highest BCUT2D eigenvalue weighted by Gasteiger charge is 2.71. The van der Waals surface area contributed by atoms with E-state index in [2.05, 4.69) is 40.7 Å². The molecule has 3 aliphatic carbocycles. The number of unbranched alkanes of at least 4 members (excludes halogenated alkanes) is 1. The molecule has 6 rings (SSSR count). The van der Waals surface area contributed by atoms with Gasteiger partial charge in [0.05, 0.1) is 7.11 Å². The maximum absolute atomic E-state index is 12.6. The lowest BCUT2D eigenvalue weighted by Gasteiger charge is -2.73. The molecule has 2 heterocycles. The number of nitrogens with zero attached hydrogens (tertiary/aromatic N) is 1. The lowest BCUT2D eigenvalue weighted by molar-refractivity contribution is -0.174. The summed E-state index contributed by atoms with van der Waals surface area (Å²) >= 11 is 0. The Balaban J connectivity index is 1.32. The van der Waals surface area contributed by atoms with Gasteiger partial charge in [0.15, 0.2) is 0 Å². The molecule has 3 fully saturated rings. The molecule has 0 spiro atoms. The number of rotatable bonds is 7. The van der Waals surface area contributed by atoms with Gasteiger partial charge in [-0.25, -0.2) is 0 Å². The molecule has 2 bridgehead atoms. The third-order valence-corrected chi connectivity index (χ3v) is 7.44. The van der Waals surface area contributed by atoms with Crippen LogP contribution >= 0.6 is 0 Å². The second-order valence-corrected chi connectivity index (χ2v) is 9.57. The summed E-state index contributed by atoms with van der Waals surface area (Å²) in [6.45, 7) is 2.26. The fourth-order valence-electron chi connectivity index (χ4n) is 6.08. The van der Waals surface area contributed by atoms with E-state index in [4.69, 9.17) is 4.74 Å². The van der Waals surface area contributed by atoms with Crippen LogP contribution in [0.1, 0.15) is 73.0 Å². The van der Waals surface area contributed by atoms with Gasteiger partial charge in [-0.05, 0) is 72.9 Å². The Bertz CT molecular complexity index is 923. The molecular formula is C25H31N3O2. The zero-order chi connectivity index (χ0) is 20.8. The van der Waals surface area contributed by atoms with Crippen LogP contribution in [0.15, 0.2) is 42.7 Å². The number of benzene rings is 1. The van der Waals surface area contributed by atoms with Gasteiger partial charge in [0.2, 0.25) is 0 Å². The predicted molar refractivity (Wildman–Crippen MR) is 117 cm³/mol. The lowest BCUT2D eigenvalue weighted by atomic mass is 9.36. The monoisotopic (exact) mass is 405 g/mol. The minimum absolute atomic E-state index is 0.0215. The molecule has 2 atom stereocenters. The number of pyridine rings is 1. The zero-order valence-corrected chi connectivity index (χ0v) is 17.9. The van der Waals surface area contributed by atoms with Crippen molar-refractivity contribution in [2.24, 2.45) is 5.41 Å². The molecule has 4 aliphatic rings. The quantitative estimate of drug-likeness (QED) is 0.725. The molecule has 5 heteroatoms. The molecule has 2 aromatic rings. The number of fused-ring (bicyclic) bond motifs is 1. The van der Waals surface area contributed by atoms with Crippen LogP contribution in [0.2, 0.25) is 0 Å². The van der Waals surface area contributed by atoms with E-state index in [-0.39, 0.29) is 16.9 Å². The normalized spacial score (nSPS) is 31.1. The molecule has 2 N–H and O–H groups in total. The van der Waals surface area contributed by atoms with E-state index in [1.807, 2.05) is 0 Å². The highest BCUT2D eigenvalue weighted by molar-refractivity contribution is 5.94. The number of methoxy groups -OCH3 is 1. The summed E-state index contributed by atoms with van der Waals surface area (Å²) in [6, 6.07) is 11.0. The molecule has 1 unspecified atom stereocenters. The van der Waals surface area contributed by atoms with Crippen molar-refractivity contribution in [3.8, 4) is 5.75 Å². The van der Waals surface area contributed by atoms with E-state index < -0.39 is 0 Å². The highest BCUT2D eigenvalue weighted by Crippen LogP contribution is 2.72. The average Bonchev–Trinajstić information content (AvgIpc) is 2.73. The van der Waals surface area contributed by atoms with E-state index >= 15 is 0 Å². The highest BCUT2D eigenvalue weighted by atomic mass is 16.5. The predicted octanol–water partition coefficient (Wildman–Crippen LogP) is 4.19. The summed E-state index contributed by atoms with van der Waals surface area (Å²) < 4.78 is 5.50. The molecule has 5 nitrogen and oxygen atoms in total. The van der Waals surface area contributed by atoms with E-state index in [0.717, 1.165) is 31.4 Å². The first-order valence-electron chi connectivity index (χ1n) is 11.2. The topological polar surface area (TPSA) is 63.2 Å². The number of nitrogens with one attached hydrogen (secondary N) is 2. The molecule has 1 aliphatic heterocycles. The lowest BCUT2D eigenvalue weighted by Crippen LogP contribution is -2.77. The van der Waals surface area contributed by atoms with Crippen molar-refractivity contribution in [3.63, 3.8) is 0 Å². The molecule has 0 saturated heterocycles. The number of aromatic nitrogens is 1. The van der Waals surface area contributed by atoms with Crippen LogP contribution in [-0.2, 0) is 6.42 Å². The largest absolute Gasteiger partial charge is 0.497 e. The van der Waals surface area contributed by atoms with Gasteiger partial charge in [-0.15, -0.1) is 0 Å². The van der Waals surface area contributed by atoms with Crippen LogP contribution < -0.4 is 15.4 Å². The molecule has 0 radical (unpaired) electrons. The number of hydrogen-bond acceptors (Lipinski definition) is 4. The Labute approximate surface area is 178 Å². The van der Waals surface area contributed by atoms with Crippen LogP contribution in [0.4, 0.5) is 0 Å². The smallest absolute Gasteiger partial charge is 0.251 e. The first-order chi connectivity index (χ1) is 14.6. The van der Waals surface area contributed by atoms with Gasteiger partial charge in [-0.2, -0.15) is 0 Å². The number of hydrogen-bond donors (Lipinski definition) is 2. The molecule has 1 aromatic carbocycles. The molecular weight excluding hydrogens is 374 g/mol. The van der Waals surface area contributed by atoms with Crippen molar-refractivity contribution >= 4 is 5.91 Å². The Hall–Kier alpha value is -2.40. The minimum atomic E-state index is -0.0228. The van der Waals surface area contributed by atoms with Crippen LogP contribution in [0.5, 0.6) is 5.75 Å². The van der Waals surface area contributed by atoms with Crippen LogP contribution in [0.25, 0.3) is 0 Å². The van der Waals surface area contributed by atoms with Crippen molar-refractivity contribution in [1.82, 2.24) is 15.6 Å². The third kappa shape index (κ3) is 3.20. The van der Waals surface area contributed by atoms with E-state index in [1.54, 1.807) is 31.6 Å². The number of carbonyl (C=O) groups excluding carboxylic acids is 1. The Morgan fingerprint density at radius 1 is 1.23 bits per heavy atom. The summed E-state index contributed by atoms with van der Waals surface area (Å²) in [5, 5.41) is 7.31. The fourth-order valence-corrected chi connectivity index (χ4v) is 6.08. The summed E-state index contributed by atoms with van der Waals surface area (Å²) in [5.74, 6) is 0.968. The molecule has 158 valence electrons. The Morgan fingerprint density at radius 3 is 2.70 bits per heavy atom. The Morgan fingerprint density at radius 2 is 2.00 bits per heavy atom. The SMILES string of the molecule is CCCC[C@H]1Cc2cc(OC)ccc2C(C23CC(NC(=O)c4ccncc4)(C2)C3)N1. The van der Waals surface area contributed by atoms with Gasteiger partial charge in [0.1, 0.15) is 5.75 Å². The first kappa shape index (κ1) is 19.6. The van der Waals surface area contributed by atoms with Crippen molar-refractivity contribution in [3.05, 3.63) is 59.4 Å². The third-order valence-electron chi connectivity index (χ3n) is 7.44. The van der Waals surface area contributed by atoms with Gasteiger partial charge in [-0.1, -0.05) is 25.8 Å². The fraction of sp³-hybridized carbons (Fsp3) is 0.520. The van der Waals surface area contributed by atoms with E-state index in [9.17, 15) is 4.79 Å². The molecule has 1 amide bonds. The van der Waals surface area contributed by atoms with Crippen LogP contribution in [0.3, 0.4) is 0 Å². The number of carbonyl (C=O) groups is 1. The van der Waals surface area contributed by atoms with Crippen LogP contribution in [-0.4, -0.2) is 29.6 Å². The van der Waals surface area contributed by atoms with Crippen LogP contribution in [0, 0.1) is 5.41 Å². The Kier molecular flexibility index (Phi) is 4.81. The van der Waals surface area contributed by atoms with Gasteiger partial charge in [-0.3, -0.25) is 9.78 Å². The maximum Gasteiger partial charge on any atom is 0.251 e. The summed E-state index contributed by atoms with van der Waals surface area (Å²) in [7, 11) is 1.74. The summed E-state index contributed by atoms with van der Waals surface area (Å²) in [5.41, 5.74) is 3.79. The van der Waals surface area contributed by atoms with E-state index in [0.29, 0.717) is 17.6 Å². The second kappa shape index (κ2) is 7.38. The van der Waals surface area contributed by atoms with Gasteiger partial charge >= 0.3 is 0 Å². The first-order valence-corrected chi connectivity index (χ1v) is 11.2. The van der Waals surface area contributed by atoms with Gasteiger partial charge < -0.3 is 15.4 Å². The number of amides is 1. The second-order valence-electron chi connectivity index (χ2n) is 9.57. The summed E-state index contributed by atoms with van der Waals surface area (Å²) in [6.07, 6.45) is 11.3. The van der Waals surface area contributed by atoms with Gasteiger partial charge in [0, 0.05) is 35.6 Å². The molecule has 30 heavy (non-hydrogen) atoms. The summed E-state index contributed by atoms with van der Waals surface area (Å²) in [4.78, 5) is 16.6. The van der Waals surface area contributed by atoms with Crippen molar-refractivity contribution < 1.29 is 9.53 Å². The zero-order valence-electron chi connectivity index (χ0n) is 17.9. The van der Waals surface area contributed by atoms with E-state index in [1.165, 1.54) is 30.4 Å². The molecule has 3 saturated carbocycles. The van der Waals surface area contributed by atoms with Crippen molar-refractivity contribution in [2.45, 2.75) is 69.5 Å². The van der Waals surface area contributed by atoms with Gasteiger partial charge in [0.25, 0.3) is 5.91 Å².